The average Bonchev–Trinajstić information content (AvgIpc) is 3.76. The maximum absolute atomic E-state index is 14.0. The van der Waals surface area contributed by atoms with Gasteiger partial charge in [0.05, 0.1) is 22.9 Å². The summed E-state index contributed by atoms with van der Waals surface area (Å²) in [5.74, 6) is 0.345. The van der Waals surface area contributed by atoms with Crippen LogP contribution in [0.3, 0.4) is 0 Å². The number of piperidine rings is 1. The average molecular weight is 904 g/mol. The van der Waals surface area contributed by atoms with E-state index in [4.69, 9.17) is 4.74 Å². The second kappa shape index (κ2) is 18.0. The highest BCUT2D eigenvalue weighted by molar-refractivity contribution is 7.90. The van der Waals surface area contributed by atoms with Crippen molar-refractivity contribution in [1.29, 1.82) is 0 Å². The van der Waals surface area contributed by atoms with Crippen LogP contribution in [0, 0.1) is 26.9 Å². The summed E-state index contributed by atoms with van der Waals surface area (Å²) in [5, 5.41) is 19.7. The lowest BCUT2D eigenvalue weighted by Crippen LogP contribution is -2.59. The molecule has 0 unspecified atom stereocenters. The van der Waals surface area contributed by atoms with Gasteiger partial charge in [-0.05, 0) is 109 Å². The van der Waals surface area contributed by atoms with E-state index in [9.17, 15) is 23.3 Å². The number of hydrogen-bond acceptors (Lipinski definition) is 12. The van der Waals surface area contributed by atoms with Gasteiger partial charge in [0, 0.05) is 80.8 Å². The van der Waals surface area contributed by atoms with E-state index < -0.39 is 31.4 Å². The van der Waals surface area contributed by atoms with Gasteiger partial charge in [0.2, 0.25) is 5.82 Å². The lowest BCUT2D eigenvalue weighted by molar-refractivity contribution is -0.384. The standard InChI is InChI=1S/C49H61N9O6S/c1-32(2)39-7-5-6-8-40(39)43-31-50-19-22-57(43)36-26-49(27-36)16-20-56(21-17-49)35-9-10-41(44(24-35)64-37-23-34-13-18-51-45(34)53-29-37)47(59)55-65(62,63)38-25-42(58(60)61)46(54-30-38)52-28-33-11-14-48(3,4)15-12-33/h5-10,13,18,23-25,29-30,32-33,36,43,50H,11-12,14-17,19-22,26-28,31H2,1-4H3,(H,51,53)(H,52,54)(H,55,59)/t43-/m1/s1. The Bertz CT molecular complexity index is 2660. The van der Waals surface area contributed by atoms with Crippen molar-refractivity contribution >= 4 is 44.2 Å². The van der Waals surface area contributed by atoms with Gasteiger partial charge in [0.25, 0.3) is 15.9 Å². The SMILES string of the molecule is CC(C)c1ccccc1[C@H]1CNCCN1C1CC2(CCN(c3ccc(C(=O)NS(=O)(=O)c4cnc(NCC5CCC(C)(C)CC5)c([N+](=O)[O-])c4)c(Oc4cnc5[nH]ccc5c4)c3)CC2)C1. The number of carbonyl (C=O) groups excluding carboxylic acids is 1. The molecule has 0 bridgehead atoms. The Kier molecular flexibility index (Phi) is 12.4. The first kappa shape index (κ1) is 44.6. The van der Waals surface area contributed by atoms with E-state index in [1.54, 1.807) is 30.6 Å². The third-order valence-corrected chi connectivity index (χ3v) is 16.0. The zero-order valence-corrected chi connectivity index (χ0v) is 38.6. The summed E-state index contributed by atoms with van der Waals surface area (Å²) in [4.78, 5) is 41.7. The van der Waals surface area contributed by atoms with Crippen LogP contribution in [0.2, 0.25) is 0 Å². The number of carbonyl (C=O) groups is 1. The van der Waals surface area contributed by atoms with Gasteiger partial charge < -0.3 is 25.3 Å². The number of rotatable bonds is 13. The number of benzene rings is 2. The Morgan fingerprint density at radius 3 is 2.51 bits per heavy atom. The van der Waals surface area contributed by atoms with E-state index >= 15 is 0 Å². The molecule has 2 saturated carbocycles. The van der Waals surface area contributed by atoms with Gasteiger partial charge in [-0.2, -0.15) is 0 Å². The second-order valence-electron chi connectivity index (χ2n) is 19.9. The van der Waals surface area contributed by atoms with Crippen LogP contribution < -0.4 is 25.0 Å². The fraction of sp³-hybridized carbons (Fsp3) is 0.490. The molecule has 15 nitrogen and oxygen atoms in total. The molecule has 5 aromatic rings. The molecular weight excluding hydrogens is 843 g/mol. The number of piperazine rings is 1. The van der Waals surface area contributed by atoms with E-state index in [2.05, 4.69) is 92.1 Å². The minimum atomic E-state index is -4.60. The summed E-state index contributed by atoms with van der Waals surface area (Å²) in [7, 11) is -4.60. The van der Waals surface area contributed by atoms with Crippen molar-refractivity contribution in [3.8, 4) is 11.5 Å². The topological polar surface area (TPSA) is 188 Å². The second-order valence-corrected chi connectivity index (χ2v) is 21.6. The van der Waals surface area contributed by atoms with Crippen LogP contribution in [0.5, 0.6) is 11.5 Å². The number of nitrogens with one attached hydrogen (secondary N) is 4. The molecular formula is C49H61N9O6S. The lowest BCUT2D eigenvalue weighted by atomic mass is 9.59. The summed E-state index contributed by atoms with van der Waals surface area (Å²) in [6.45, 7) is 14.2. The molecule has 5 heterocycles. The zero-order chi connectivity index (χ0) is 45.5. The monoisotopic (exact) mass is 903 g/mol. The lowest BCUT2D eigenvalue weighted by Gasteiger charge is -2.57. The van der Waals surface area contributed by atoms with Gasteiger partial charge in [-0.15, -0.1) is 0 Å². The first-order valence-corrected chi connectivity index (χ1v) is 24.6. The van der Waals surface area contributed by atoms with Crippen molar-refractivity contribution in [3.63, 3.8) is 0 Å². The fourth-order valence-electron chi connectivity index (χ4n) is 10.7. The van der Waals surface area contributed by atoms with Crippen LogP contribution in [0.25, 0.3) is 11.0 Å². The molecule has 344 valence electrons. The first-order valence-electron chi connectivity index (χ1n) is 23.2. The van der Waals surface area contributed by atoms with Crippen molar-refractivity contribution in [1.82, 2.24) is 29.9 Å². The normalized spacial score (nSPS) is 20.4. The van der Waals surface area contributed by atoms with E-state index in [-0.39, 0.29) is 28.0 Å². The number of aromatic nitrogens is 3. The number of anilines is 2. The molecule has 1 spiro atoms. The fourth-order valence-corrected chi connectivity index (χ4v) is 11.6. The van der Waals surface area contributed by atoms with Gasteiger partial charge in [-0.1, -0.05) is 52.0 Å². The number of pyridine rings is 2. The van der Waals surface area contributed by atoms with Crippen molar-refractivity contribution in [2.24, 2.45) is 16.7 Å². The van der Waals surface area contributed by atoms with Crippen LogP contribution in [-0.2, 0) is 10.0 Å². The Morgan fingerprint density at radius 2 is 1.75 bits per heavy atom. The van der Waals surface area contributed by atoms with Gasteiger partial charge in [-0.25, -0.2) is 23.1 Å². The summed E-state index contributed by atoms with van der Waals surface area (Å²) in [6.07, 6.45) is 12.9. The Labute approximate surface area is 381 Å². The van der Waals surface area contributed by atoms with E-state index in [0.717, 1.165) is 94.6 Å². The van der Waals surface area contributed by atoms with Crippen molar-refractivity contribution in [2.75, 3.05) is 49.5 Å². The highest BCUT2D eigenvalue weighted by Gasteiger charge is 2.49. The zero-order valence-electron chi connectivity index (χ0n) is 37.8. The summed E-state index contributed by atoms with van der Waals surface area (Å²) in [5.41, 5.74) is 4.45. The molecule has 2 aliphatic carbocycles. The van der Waals surface area contributed by atoms with E-state index in [1.807, 2.05) is 12.1 Å². The maximum Gasteiger partial charge on any atom is 0.312 e. The number of hydrogen-bond donors (Lipinski definition) is 4. The molecule has 4 N–H and O–H groups in total. The maximum atomic E-state index is 14.0. The minimum Gasteiger partial charge on any atom is -0.455 e. The molecule has 2 saturated heterocycles. The van der Waals surface area contributed by atoms with E-state index in [1.165, 1.54) is 24.0 Å². The number of nitrogens with zero attached hydrogens (tertiary/aromatic N) is 5. The molecule has 2 aliphatic heterocycles. The summed E-state index contributed by atoms with van der Waals surface area (Å²) < 4.78 is 36.0. The van der Waals surface area contributed by atoms with Gasteiger partial charge in [0.15, 0.2) is 0 Å². The molecule has 16 heteroatoms. The van der Waals surface area contributed by atoms with Crippen molar-refractivity contribution < 1.29 is 22.9 Å². The molecule has 65 heavy (non-hydrogen) atoms. The van der Waals surface area contributed by atoms with Crippen LogP contribution in [0.1, 0.15) is 113 Å². The third kappa shape index (κ3) is 9.57. The number of aromatic amines is 1. The summed E-state index contributed by atoms with van der Waals surface area (Å²) in [6, 6.07) is 19.6. The summed E-state index contributed by atoms with van der Waals surface area (Å²) >= 11 is 0. The van der Waals surface area contributed by atoms with Crippen LogP contribution in [0.15, 0.2) is 84.1 Å². The number of ether oxygens (including phenoxy) is 1. The number of sulfonamides is 1. The smallest absolute Gasteiger partial charge is 0.312 e. The van der Waals surface area contributed by atoms with Gasteiger partial charge in [-0.3, -0.25) is 19.8 Å². The predicted molar refractivity (Wildman–Crippen MR) is 252 cm³/mol. The van der Waals surface area contributed by atoms with Crippen LogP contribution in [0.4, 0.5) is 17.2 Å². The van der Waals surface area contributed by atoms with Crippen LogP contribution in [-0.4, -0.2) is 84.4 Å². The van der Waals surface area contributed by atoms with E-state index in [0.29, 0.717) is 41.9 Å². The molecule has 2 aromatic carbocycles. The van der Waals surface area contributed by atoms with Gasteiger partial charge in [0.1, 0.15) is 22.0 Å². The number of fused-ring (bicyclic) bond motifs is 1. The Balaban J connectivity index is 0.898. The highest BCUT2D eigenvalue weighted by atomic mass is 32.2. The highest BCUT2D eigenvalue weighted by Crippen LogP contribution is 2.53. The first-order chi connectivity index (χ1) is 31.2. The molecule has 1 atom stereocenters. The van der Waals surface area contributed by atoms with Gasteiger partial charge >= 0.3 is 5.69 Å². The molecule has 4 aliphatic rings. The molecule has 9 rings (SSSR count). The quantitative estimate of drug-likeness (QED) is 0.0650. The molecule has 3 aromatic heterocycles. The van der Waals surface area contributed by atoms with Crippen molar-refractivity contribution in [3.05, 3.63) is 106 Å². The van der Waals surface area contributed by atoms with Crippen LogP contribution >= 0.6 is 0 Å². The number of H-pyrrole nitrogens is 1. The predicted octanol–water partition coefficient (Wildman–Crippen LogP) is 8.92. The molecule has 0 radical (unpaired) electrons. The molecule has 4 fully saturated rings. The number of amides is 1. The molecule has 1 amide bonds. The Morgan fingerprint density at radius 1 is 0.985 bits per heavy atom. The minimum absolute atomic E-state index is 0.0124. The van der Waals surface area contributed by atoms with Crippen molar-refractivity contribution in [2.45, 2.75) is 102 Å². The number of nitro groups is 1. The third-order valence-electron chi connectivity index (χ3n) is 14.7. The largest absolute Gasteiger partial charge is 0.455 e. The Hall–Kier alpha value is -5.58.